The molecule has 0 aromatic heterocycles. The van der Waals surface area contributed by atoms with Crippen LogP contribution in [0.3, 0.4) is 0 Å². The molecule has 0 radical (unpaired) electrons. The maximum atomic E-state index is 12.0. The van der Waals surface area contributed by atoms with Gasteiger partial charge in [-0.25, -0.2) is 13.1 Å². The molecule has 0 saturated heterocycles. The zero-order valence-corrected chi connectivity index (χ0v) is 11.1. The Labute approximate surface area is 107 Å². The summed E-state index contributed by atoms with van der Waals surface area (Å²) in [6.07, 6.45) is 5.44. The Balaban J connectivity index is 3.03. The quantitative estimate of drug-likeness (QED) is 0.616. The minimum atomic E-state index is -3.66. The molecule has 0 fully saturated rings. The Bertz CT molecular complexity index is 561. The van der Waals surface area contributed by atoms with Gasteiger partial charge in [-0.05, 0) is 19.1 Å². The normalized spacial score (nSPS) is 12.7. The van der Waals surface area contributed by atoms with Crippen molar-refractivity contribution >= 4 is 15.7 Å². The summed E-state index contributed by atoms with van der Waals surface area (Å²) >= 11 is 0. The largest absolute Gasteiger partial charge is 0.497 e. The summed E-state index contributed by atoms with van der Waals surface area (Å²) < 4.78 is 31.5. The zero-order chi connectivity index (χ0) is 13.8. The molecule has 18 heavy (non-hydrogen) atoms. The van der Waals surface area contributed by atoms with Gasteiger partial charge in [-0.1, -0.05) is 0 Å². The standard InChI is InChI=1S/C12H16N2O3S/c1-4-5-9(2)14-18(15,16)12-7-6-10(17-3)8-11(12)13/h1,6-9,14H,5,13H2,2-3H3. The number of sulfonamides is 1. The van der Waals surface area contributed by atoms with Gasteiger partial charge < -0.3 is 10.5 Å². The number of hydrogen-bond acceptors (Lipinski definition) is 4. The van der Waals surface area contributed by atoms with Crippen molar-refractivity contribution < 1.29 is 13.2 Å². The van der Waals surface area contributed by atoms with Crippen LogP contribution in [0.15, 0.2) is 23.1 Å². The molecule has 5 nitrogen and oxygen atoms in total. The van der Waals surface area contributed by atoms with E-state index in [-0.39, 0.29) is 16.6 Å². The average molecular weight is 268 g/mol. The fraction of sp³-hybridized carbons (Fsp3) is 0.333. The van der Waals surface area contributed by atoms with Crippen molar-refractivity contribution in [3.63, 3.8) is 0 Å². The van der Waals surface area contributed by atoms with Crippen LogP contribution in [0.2, 0.25) is 0 Å². The van der Waals surface area contributed by atoms with Crippen LogP contribution in [-0.4, -0.2) is 21.6 Å². The van der Waals surface area contributed by atoms with Crippen LogP contribution in [0.5, 0.6) is 5.75 Å². The van der Waals surface area contributed by atoms with E-state index in [1.54, 1.807) is 6.92 Å². The predicted octanol–water partition coefficient (Wildman–Crippen LogP) is 0.968. The van der Waals surface area contributed by atoms with Crippen molar-refractivity contribution in [3.8, 4) is 18.1 Å². The smallest absolute Gasteiger partial charge is 0.242 e. The van der Waals surface area contributed by atoms with E-state index >= 15 is 0 Å². The Morgan fingerprint density at radius 3 is 2.72 bits per heavy atom. The summed E-state index contributed by atoms with van der Waals surface area (Å²) in [7, 11) is -2.18. The van der Waals surface area contributed by atoms with Crippen molar-refractivity contribution in [2.45, 2.75) is 24.3 Å². The molecule has 0 saturated carbocycles. The number of rotatable bonds is 5. The van der Waals surface area contributed by atoms with Gasteiger partial charge in [0.25, 0.3) is 0 Å². The topological polar surface area (TPSA) is 81.4 Å². The second-order valence-corrected chi connectivity index (χ2v) is 5.52. The first kappa shape index (κ1) is 14.4. The Kier molecular flexibility index (Phi) is 4.59. The van der Waals surface area contributed by atoms with E-state index in [1.165, 1.54) is 25.3 Å². The minimum absolute atomic E-state index is 0.0205. The summed E-state index contributed by atoms with van der Waals surface area (Å²) in [4.78, 5) is 0.0205. The fourth-order valence-electron chi connectivity index (χ4n) is 1.45. The molecule has 0 aliphatic carbocycles. The molecule has 1 aromatic rings. The maximum Gasteiger partial charge on any atom is 0.242 e. The Morgan fingerprint density at radius 2 is 2.22 bits per heavy atom. The lowest BCUT2D eigenvalue weighted by atomic mass is 10.3. The van der Waals surface area contributed by atoms with Gasteiger partial charge in [0.1, 0.15) is 10.6 Å². The number of anilines is 1. The Morgan fingerprint density at radius 1 is 1.56 bits per heavy atom. The van der Waals surface area contributed by atoms with Gasteiger partial charge in [0.2, 0.25) is 10.0 Å². The molecule has 6 heteroatoms. The molecular formula is C12H16N2O3S. The van der Waals surface area contributed by atoms with E-state index in [4.69, 9.17) is 16.9 Å². The highest BCUT2D eigenvalue weighted by molar-refractivity contribution is 7.89. The molecule has 0 bridgehead atoms. The molecule has 1 aromatic carbocycles. The fourth-order valence-corrected chi connectivity index (χ4v) is 2.80. The van der Waals surface area contributed by atoms with Crippen molar-refractivity contribution in [1.29, 1.82) is 0 Å². The van der Waals surface area contributed by atoms with Crippen molar-refractivity contribution in [3.05, 3.63) is 18.2 Å². The second kappa shape index (κ2) is 5.76. The molecule has 1 rings (SSSR count). The van der Waals surface area contributed by atoms with Gasteiger partial charge in [0, 0.05) is 18.5 Å². The molecule has 1 unspecified atom stereocenters. The summed E-state index contributed by atoms with van der Waals surface area (Å²) in [5, 5.41) is 0. The highest BCUT2D eigenvalue weighted by Crippen LogP contribution is 2.23. The third-order valence-corrected chi connectivity index (χ3v) is 3.95. The third-order valence-electron chi connectivity index (χ3n) is 2.29. The van der Waals surface area contributed by atoms with Crippen LogP contribution in [0.1, 0.15) is 13.3 Å². The number of nitrogens with two attached hydrogens (primary N) is 1. The number of nitrogen functional groups attached to an aromatic ring is 1. The van der Waals surface area contributed by atoms with E-state index in [0.717, 1.165) is 0 Å². The second-order valence-electron chi connectivity index (χ2n) is 3.83. The van der Waals surface area contributed by atoms with Crippen molar-refractivity contribution in [1.82, 2.24) is 4.72 Å². The van der Waals surface area contributed by atoms with E-state index < -0.39 is 10.0 Å². The first-order chi connectivity index (χ1) is 8.40. The molecule has 3 N–H and O–H groups in total. The van der Waals surface area contributed by atoms with E-state index in [9.17, 15) is 8.42 Å². The minimum Gasteiger partial charge on any atom is -0.497 e. The highest BCUT2D eigenvalue weighted by Gasteiger charge is 2.19. The molecule has 0 spiro atoms. The molecule has 0 heterocycles. The van der Waals surface area contributed by atoms with E-state index in [2.05, 4.69) is 10.6 Å². The lowest BCUT2D eigenvalue weighted by Gasteiger charge is -2.13. The Hall–Kier alpha value is -1.71. The summed E-state index contributed by atoms with van der Waals surface area (Å²) in [6, 6.07) is 4.05. The molecular weight excluding hydrogens is 252 g/mol. The molecule has 0 amide bonds. The maximum absolute atomic E-state index is 12.0. The van der Waals surface area contributed by atoms with E-state index in [0.29, 0.717) is 12.2 Å². The van der Waals surface area contributed by atoms with Gasteiger partial charge >= 0.3 is 0 Å². The van der Waals surface area contributed by atoms with Gasteiger partial charge in [-0.15, -0.1) is 12.3 Å². The number of ether oxygens (including phenoxy) is 1. The van der Waals surface area contributed by atoms with Crippen LogP contribution in [0.4, 0.5) is 5.69 Å². The first-order valence-electron chi connectivity index (χ1n) is 5.30. The van der Waals surface area contributed by atoms with Crippen LogP contribution in [-0.2, 0) is 10.0 Å². The van der Waals surface area contributed by atoms with Crippen molar-refractivity contribution in [2.75, 3.05) is 12.8 Å². The third kappa shape index (κ3) is 3.39. The van der Waals surface area contributed by atoms with Gasteiger partial charge in [-0.3, -0.25) is 0 Å². The van der Waals surface area contributed by atoms with Crippen LogP contribution >= 0.6 is 0 Å². The zero-order valence-electron chi connectivity index (χ0n) is 10.3. The molecule has 0 aliphatic heterocycles. The van der Waals surface area contributed by atoms with Crippen LogP contribution in [0.25, 0.3) is 0 Å². The van der Waals surface area contributed by atoms with Crippen molar-refractivity contribution in [2.24, 2.45) is 0 Å². The van der Waals surface area contributed by atoms with Crippen LogP contribution < -0.4 is 15.2 Å². The number of hydrogen-bond donors (Lipinski definition) is 2. The number of methoxy groups -OCH3 is 1. The lowest BCUT2D eigenvalue weighted by Crippen LogP contribution is -2.32. The van der Waals surface area contributed by atoms with Crippen LogP contribution in [0, 0.1) is 12.3 Å². The highest BCUT2D eigenvalue weighted by atomic mass is 32.2. The first-order valence-corrected chi connectivity index (χ1v) is 6.78. The monoisotopic (exact) mass is 268 g/mol. The van der Waals surface area contributed by atoms with Gasteiger partial charge in [-0.2, -0.15) is 0 Å². The summed E-state index contributed by atoms with van der Waals surface area (Å²) in [5.41, 5.74) is 5.83. The summed E-state index contributed by atoms with van der Waals surface area (Å²) in [5.74, 6) is 2.90. The number of benzene rings is 1. The molecule has 98 valence electrons. The molecule has 1 atom stereocenters. The number of nitrogens with one attached hydrogen (secondary N) is 1. The van der Waals surface area contributed by atoms with E-state index in [1.807, 2.05) is 0 Å². The molecule has 0 aliphatic rings. The van der Waals surface area contributed by atoms with Gasteiger partial charge in [0.15, 0.2) is 0 Å². The average Bonchev–Trinajstić information content (AvgIpc) is 2.27. The lowest BCUT2D eigenvalue weighted by molar-refractivity contribution is 0.414. The number of terminal acetylenes is 1. The predicted molar refractivity (Wildman–Crippen MR) is 70.6 cm³/mol. The van der Waals surface area contributed by atoms with Gasteiger partial charge in [0.05, 0.1) is 12.8 Å². The SMILES string of the molecule is C#CCC(C)NS(=O)(=O)c1ccc(OC)cc1N. The summed E-state index contributed by atoms with van der Waals surface area (Å²) in [6.45, 7) is 1.69.